The number of carbonyl (C=O) groups is 1. The van der Waals surface area contributed by atoms with Crippen molar-refractivity contribution >= 4 is 27.7 Å². The summed E-state index contributed by atoms with van der Waals surface area (Å²) in [7, 11) is 0. The number of hydrogen-bond donors (Lipinski definition) is 3. The first-order valence-corrected chi connectivity index (χ1v) is 6.96. The van der Waals surface area contributed by atoms with Crippen molar-refractivity contribution in [1.82, 2.24) is 10.9 Å². The number of hydrazine groups is 1. The first-order valence-electron chi connectivity index (χ1n) is 6.17. The molecule has 18 heavy (non-hydrogen) atoms. The predicted molar refractivity (Wildman–Crippen MR) is 74.0 cm³/mol. The molecule has 0 bridgehead atoms. The second-order valence-electron chi connectivity index (χ2n) is 4.30. The number of carbonyl (C=O) groups excluding carboxylic acids is 1. The molecule has 0 saturated heterocycles. The van der Waals surface area contributed by atoms with Gasteiger partial charge < -0.3 is 0 Å². The Morgan fingerprint density at radius 1 is 1.17 bits per heavy atom. The van der Waals surface area contributed by atoms with Gasteiger partial charge in [0.1, 0.15) is 0 Å². The summed E-state index contributed by atoms with van der Waals surface area (Å²) in [5.74, 6) is 0.874. The van der Waals surface area contributed by atoms with Crippen molar-refractivity contribution in [3.05, 3.63) is 34.3 Å². The number of hydrogen-bond acceptors (Lipinski definition) is 2. The molecule has 0 saturated carbocycles. The molecule has 96 valence electrons. The smallest absolute Gasteiger partial charge is 0.277 e. The normalized spacial score (nSPS) is 15.5. The first-order chi connectivity index (χ1) is 8.75. The first kappa shape index (κ1) is 13.1. The summed E-state index contributed by atoms with van der Waals surface area (Å²) in [5, 5.41) is 0. The average molecular weight is 311 g/mol. The molecule has 0 unspecified atom stereocenters. The summed E-state index contributed by atoms with van der Waals surface area (Å²) >= 11 is 3.34. The molecule has 0 fully saturated rings. The minimum Gasteiger partial charge on any atom is -0.277 e. The van der Waals surface area contributed by atoms with Gasteiger partial charge in [0, 0.05) is 10.0 Å². The highest BCUT2D eigenvalue weighted by Crippen LogP contribution is 2.10. The fourth-order valence-corrected chi connectivity index (χ4v) is 2.11. The van der Waals surface area contributed by atoms with Gasteiger partial charge >= 0.3 is 0 Å². The number of amides is 1. The zero-order valence-electron chi connectivity index (χ0n) is 10.1. The van der Waals surface area contributed by atoms with Crippen molar-refractivity contribution in [2.24, 2.45) is 0 Å². The number of halogens is 1. The van der Waals surface area contributed by atoms with Gasteiger partial charge in [-0.1, -0.05) is 15.9 Å². The highest BCUT2D eigenvalue weighted by atomic mass is 79.9. The molecule has 1 amide bonds. The van der Waals surface area contributed by atoms with E-state index in [4.69, 9.17) is 0 Å². The molecule has 0 atom stereocenters. The molecule has 2 rings (SSSR count). The zero-order valence-corrected chi connectivity index (χ0v) is 11.7. The molecular weight excluding hydrogens is 294 g/mol. The van der Waals surface area contributed by atoms with Crippen molar-refractivity contribution in [3.63, 3.8) is 0 Å². The molecule has 1 aromatic carbocycles. The highest BCUT2D eigenvalue weighted by molar-refractivity contribution is 9.10. The van der Waals surface area contributed by atoms with Gasteiger partial charge in [-0.15, -0.1) is 0 Å². The summed E-state index contributed by atoms with van der Waals surface area (Å²) < 4.78 is 0.965. The van der Waals surface area contributed by atoms with E-state index in [1.54, 1.807) is 12.1 Å². The van der Waals surface area contributed by atoms with Crippen LogP contribution in [0.5, 0.6) is 0 Å². The molecule has 1 aliphatic heterocycles. The van der Waals surface area contributed by atoms with Crippen LogP contribution in [0.25, 0.3) is 0 Å². The molecule has 1 aromatic rings. The zero-order chi connectivity index (χ0) is 12.8. The van der Waals surface area contributed by atoms with Crippen LogP contribution in [-0.2, 0) is 0 Å². The second-order valence-corrected chi connectivity index (χ2v) is 5.22. The van der Waals surface area contributed by atoms with Crippen LogP contribution in [0.2, 0.25) is 0 Å². The van der Waals surface area contributed by atoms with E-state index in [0.29, 0.717) is 5.56 Å². The molecule has 0 spiro atoms. The SMILES string of the molecule is O=C(NNC1=[NH+]CCCCC1)c1ccc(Br)cc1. The molecule has 1 heterocycles. The van der Waals surface area contributed by atoms with Crippen LogP contribution < -0.4 is 15.8 Å². The van der Waals surface area contributed by atoms with Gasteiger partial charge in [-0.25, -0.2) is 0 Å². The third-order valence-corrected chi connectivity index (χ3v) is 3.40. The third kappa shape index (κ3) is 3.84. The van der Waals surface area contributed by atoms with Gasteiger partial charge in [0.15, 0.2) is 0 Å². The number of nitrogens with one attached hydrogen (secondary N) is 3. The van der Waals surface area contributed by atoms with Gasteiger partial charge in [0.05, 0.1) is 13.0 Å². The summed E-state index contributed by atoms with van der Waals surface area (Å²) in [4.78, 5) is 15.1. The lowest BCUT2D eigenvalue weighted by molar-refractivity contribution is -0.460. The summed E-state index contributed by atoms with van der Waals surface area (Å²) in [6.45, 7) is 0.969. The van der Waals surface area contributed by atoms with Crippen LogP contribution in [0.3, 0.4) is 0 Å². The molecule has 0 aliphatic carbocycles. The van der Waals surface area contributed by atoms with E-state index in [9.17, 15) is 4.79 Å². The highest BCUT2D eigenvalue weighted by Gasteiger charge is 2.12. The molecule has 5 heteroatoms. The quantitative estimate of drug-likeness (QED) is 0.670. The van der Waals surface area contributed by atoms with Gasteiger partial charge in [-0.2, -0.15) is 10.9 Å². The van der Waals surface area contributed by atoms with Crippen LogP contribution in [0.4, 0.5) is 0 Å². The van der Waals surface area contributed by atoms with Crippen LogP contribution in [0.15, 0.2) is 28.7 Å². The monoisotopic (exact) mass is 310 g/mol. The van der Waals surface area contributed by atoms with E-state index in [1.165, 1.54) is 12.8 Å². The standard InChI is InChI=1S/C13H16BrN3O/c14-11-7-5-10(6-8-11)13(18)17-16-12-4-2-1-3-9-15-12/h5-8H,1-4,9H2,(H,15,16)(H,17,18)/p+1. The molecule has 0 aromatic heterocycles. The third-order valence-electron chi connectivity index (χ3n) is 2.88. The van der Waals surface area contributed by atoms with Gasteiger partial charge in [0.2, 0.25) is 0 Å². The van der Waals surface area contributed by atoms with Gasteiger partial charge in [-0.05, 0) is 43.5 Å². The summed E-state index contributed by atoms with van der Waals surface area (Å²) in [5.41, 5.74) is 6.32. The van der Waals surface area contributed by atoms with E-state index in [2.05, 4.69) is 31.8 Å². The average Bonchev–Trinajstić information content (AvgIpc) is 2.65. The van der Waals surface area contributed by atoms with Crippen LogP contribution >= 0.6 is 15.9 Å². The maximum absolute atomic E-state index is 11.9. The van der Waals surface area contributed by atoms with Crippen LogP contribution in [-0.4, -0.2) is 18.3 Å². The van der Waals surface area contributed by atoms with E-state index >= 15 is 0 Å². The van der Waals surface area contributed by atoms with Crippen molar-refractivity contribution in [2.45, 2.75) is 25.7 Å². The lowest BCUT2D eigenvalue weighted by Crippen LogP contribution is -2.76. The predicted octanol–water partition coefficient (Wildman–Crippen LogP) is 0.737. The maximum Gasteiger partial charge on any atom is 0.286 e. The molecule has 0 radical (unpaired) electrons. The minimum absolute atomic E-state index is 0.124. The van der Waals surface area contributed by atoms with E-state index in [-0.39, 0.29) is 5.91 Å². The van der Waals surface area contributed by atoms with Crippen molar-refractivity contribution in [3.8, 4) is 0 Å². The molecule has 4 nitrogen and oxygen atoms in total. The molecular formula is C13H17BrN3O+. The largest absolute Gasteiger partial charge is 0.286 e. The van der Waals surface area contributed by atoms with Crippen LogP contribution in [0, 0.1) is 0 Å². The summed E-state index contributed by atoms with van der Waals surface area (Å²) in [6.07, 6.45) is 4.54. The van der Waals surface area contributed by atoms with Gasteiger partial charge in [-0.3, -0.25) is 9.79 Å². The van der Waals surface area contributed by atoms with Gasteiger partial charge in [0.25, 0.3) is 11.7 Å². The Labute approximate surface area is 115 Å². The van der Waals surface area contributed by atoms with E-state index in [0.717, 1.165) is 29.7 Å². The topological polar surface area (TPSA) is 55.1 Å². The van der Waals surface area contributed by atoms with Crippen molar-refractivity contribution in [1.29, 1.82) is 0 Å². The van der Waals surface area contributed by atoms with Crippen molar-refractivity contribution < 1.29 is 9.79 Å². The number of amidine groups is 1. The summed E-state index contributed by atoms with van der Waals surface area (Å²) in [6, 6.07) is 7.27. The minimum atomic E-state index is -0.124. The Kier molecular flexibility index (Phi) is 4.75. The maximum atomic E-state index is 11.9. The van der Waals surface area contributed by atoms with Crippen LogP contribution in [0.1, 0.15) is 36.0 Å². The number of rotatable bonds is 1. The Hall–Kier alpha value is -1.36. The lowest BCUT2D eigenvalue weighted by Gasteiger charge is -2.03. The van der Waals surface area contributed by atoms with E-state index in [1.807, 2.05) is 12.1 Å². The Morgan fingerprint density at radius 3 is 2.72 bits per heavy atom. The lowest BCUT2D eigenvalue weighted by atomic mass is 10.2. The fourth-order valence-electron chi connectivity index (χ4n) is 1.84. The van der Waals surface area contributed by atoms with E-state index < -0.39 is 0 Å². The Balaban J connectivity index is 1.87. The number of benzene rings is 1. The Morgan fingerprint density at radius 2 is 1.94 bits per heavy atom. The molecule has 3 N–H and O–H groups in total. The fraction of sp³-hybridized carbons (Fsp3) is 0.385. The second kappa shape index (κ2) is 6.54. The van der Waals surface area contributed by atoms with Crippen molar-refractivity contribution in [2.75, 3.05) is 6.54 Å². The molecule has 1 aliphatic rings. The Bertz CT molecular complexity index is 442.